The molecule has 2 amide bonds. The van der Waals surface area contributed by atoms with Crippen molar-refractivity contribution in [1.82, 2.24) is 15.1 Å². The number of carboxylic acids is 1. The maximum absolute atomic E-state index is 12.6. The van der Waals surface area contributed by atoms with Crippen molar-refractivity contribution in [3.8, 4) is 0 Å². The Bertz CT molecular complexity index is 840. The van der Waals surface area contributed by atoms with Crippen LogP contribution >= 0.6 is 0 Å². The van der Waals surface area contributed by atoms with Crippen molar-refractivity contribution in [3.05, 3.63) is 47.3 Å². The summed E-state index contributed by atoms with van der Waals surface area (Å²) in [5, 5.41) is 18.1. The molecule has 2 aromatic rings. The van der Waals surface area contributed by atoms with Crippen LogP contribution in [0.2, 0.25) is 0 Å². The molecule has 0 aliphatic rings. The molecule has 0 saturated heterocycles. The van der Waals surface area contributed by atoms with Crippen molar-refractivity contribution < 1.29 is 19.5 Å². The second-order valence-corrected chi connectivity index (χ2v) is 6.93. The molecule has 0 radical (unpaired) electrons. The second-order valence-electron chi connectivity index (χ2n) is 6.93. The molecule has 0 spiro atoms. The van der Waals surface area contributed by atoms with Gasteiger partial charge in [-0.1, -0.05) is 32.9 Å². The smallest absolute Gasteiger partial charge is 0.322 e. The fraction of sp³-hybridized carbons (Fsp3) is 0.400. The number of carboxylic acid groups (broad SMARTS) is 1. The third-order valence-corrected chi connectivity index (χ3v) is 4.08. The van der Waals surface area contributed by atoms with Crippen LogP contribution in [-0.2, 0) is 29.0 Å². The molecule has 8 heteroatoms. The van der Waals surface area contributed by atoms with E-state index in [1.165, 1.54) is 0 Å². The first-order valence-corrected chi connectivity index (χ1v) is 9.23. The van der Waals surface area contributed by atoms with Gasteiger partial charge in [0.15, 0.2) is 0 Å². The van der Waals surface area contributed by atoms with Crippen LogP contribution in [0.4, 0.5) is 5.69 Å². The SMILES string of the molecule is CCc1c(C(=O)Nc2ccc(CC(=O)NCC(=O)O)cc2)cnn1CC(C)C. The number of nitrogens with one attached hydrogen (secondary N) is 2. The Balaban J connectivity index is 2.00. The molecule has 3 N–H and O–H groups in total. The second kappa shape index (κ2) is 9.68. The Morgan fingerprint density at radius 3 is 2.43 bits per heavy atom. The van der Waals surface area contributed by atoms with Crippen molar-refractivity contribution in [2.75, 3.05) is 11.9 Å². The number of aromatic nitrogens is 2. The van der Waals surface area contributed by atoms with E-state index in [4.69, 9.17) is 5.11 Å². The highest BCUT2D eigenvalue weighted by atomic mass is 16.4. The molecule has 0 atom stereocenters. The van der Waals surface area contributed by atoms with Crippen molar-refractivity contribution in [2.24, 2.45) is 5.92 Å². The predicted octanol–water partition coefficient (Wildman–Crippen LogP) is 2.10. The first kappa shape index (κ1) is 21.1. The Morgan fingerprint density at radius 2 is 1.86 bits per heavy atom. The standard InChI is InChI=1S/C20H26N4O4/c1-4-17-16(10-22-24(17)12-13(2)3)20(28)23-15-7-5-14(6-8-15)9-18(25)21-11-19(26)27/h5-8,10,13H,4,9,11-12H2,1-3H3,(H,21,25)(H,23,28)(H,26,27). The maximum Gasteiger partial charge on any atom is 0.322 e. The van der Waals surface area contributed by atoms with Crippen LogP contribution in [-0.4, -0.2) is 39.2 Å². The summed E-state index contributed by atoms with van der Waals surface area (Å²) in [7, 11) is 0. The number of rotatable bonds is 9. The first-order valence-electron chi connectivity index (χ1n) is 9.23. The van der Waals surface area contributed by atoms with Gasteiger partial charge in [-0.15, -0.1) is 0 Å². The summed E-state index contributed by atoms with van der Waals surface area (Å²) >= 11 is 0. The maximum atomic E-state index is 12.6. The largest absolute Gasteiger partial charge is 0.480 e. The lowest BCUT2D eigenvalue weighted by molar-refractivity contribution is -0.137. The fourth-order valence-electron chi connectivity index (χ4n) is 2.80. The van der Waals surface area contributed by atoms with Crippen molar-refractivity contribution in [3.63, 3.8) is 0 Å². The normalized spacial score (nSPS) is 10.7. The summed E-state index contributed by atoms with van der Waals surface area (Å²) in [4.78, 5) is 34.7. The highest BCUT2D eigenvalue weighted by molar-refractivity contribution is 6.05. The minimum atomic E-state index is -1.09. The third-order valence-electron chi connectivity index (χ3n) is 4.08. The summed E-state index contributed by atoms with van der Waals surface area (Å²) in [5.74, 6) is -1.25. The number of benzene rings is 1. The molecular weight excluding hydrogens is 360 g/mol. The first-order chi connectivity index (χ1) is 13.3. The lowest BCUT2D eigenvalue weighted by atomic mass is 10.1. The van der Waals surface area contributed by atoms with Gasteiger partial charge in [0.2, 0.25) is 5.91 Å². The van der Waals surface area contributed by atoms with E-state index in [0.717, 1.165) is 17.8 Å². The number of amides is 2. The van der Waals surface area contributed by atoms with Gasteiger partial charge in [-0.25, -0.2) is 0 Å². The quantitative estimate of drug-likeness (QED) is 0.611. The number of anilines is 1. The zero-order valence-electron chi connectivity index (χ0n) is 16.4. The average molecular weight is 386 g/mol. The predicted molar refractivity (Wildman–Crippen MR) is 105 cm³/mol. The molecule has 0 bridgehead atoms. The lowest BCUT2D eigenvalue weighted by Gasteiger charge is -2.10. The van der Waals surface area contributed by atoms with Gasteiger partial charge in [0.1, 0.15) is 6.54 Å². The Kier molecular flexibility index (Phi) is 7.31. The number of hydrogen-bond acceptors (Lipinski definition) is 4. The van der Waals surface area contributed by atoms with Gasteiger partial charge in [0, 0.05) is 12.2 Å². The Hall–Kier alpha value is -3.16. The number of hydrogen-bond donors (Lipinski definition) is 3. The molecule has 0 aliphatic carbocycles. The lowest BCUT2D eigenvalue weighted by Crippen LogP contribution is -2.30. The number of aliphatic carboxylic acids is 1. The van der Waals surface area contributed by atoms with Crippen LogP contribution in [0.25, 0.3) is 0 Å². The molecule has 0 fully saturated rings. The molecular formula is C20H26N4O4. The van der Waals surface area contributed by atoms with E-state index >= 15 is 0 Å². The number of carbonyl (C=O) groups excluding carboxylic acids is 2. The molecule has 1 aromatic carbocycles. The van der Waals surface area contributed by atoms with Gasteiger partial charge in [-0.05, 0) is 30.0 Å². The van der Waals surface area contributed by atoms with E-state index in [-0.39, 0.29) is 18.2 Å². The van der Waals surface area contributed by atoms with Gasteiger partial charge in [0.25, 0.3) is 5.91 Å². The molecule has 28 heavy (non-hydrogen) atoms. The summed E-state index contributed by atoms with van der Waals surface area (Å²) in [6, 6.07) is 6.86. The third kappa shape index (κ3) is 5.94. The van der Waals surface area contributed by atoms with E-state index < -0.39 is 12.5 Å². The van der Waals surface area contributed by atoms with Gasteiger partial charge < -0.3 is 15.7 Å². The zero-order valence-corrected chi connectivity index (χ0v) is 16.4. The van der Waals surface area contributed by atoms with E-state index in [1.54, 1.807) is 30.5 Å². The van der Waals surface area contributed by atoms with Gasteiger partial charge >= 0.3 is 5.97 Å². The summed E-state index contributed by atoms with van der Waals surface area (Å²) in [5.41, 5.74) is 2.79. The molecule has 8 nitrogen and oxygen atoms in total. The zero-order chi connectivity index (χ0) is 20.7. The summed E-state index contributed by atoms with van der Waals surface area (Å²) < 4.78 is 1.87. The van der Waals surface area contributed by atoms with Crippen LogP contribution < -0.4 is 10.6 Å². The van der Waals surface area contributed by atoms with Gasteiger partial charge in [-0.2, -0.15) is 5.10 Å². The van der Waals surface area contributed by atoms with Crippen LogP contribution in [0.1, 0.15) is 42.4 Å². The van der Waals surface area contributed by atoms with E-state index in [9.17, 15) is 14.4 Å². The van der Waals surface area contributed by atoms with Crippen LogP contribution in [0.15, 0.2) is 30.5 Å². The van der Waals surface area contributed by atoms with Crippen molar-refractivity contribution in [1.29, 1.82) is 0 Å². The van der Waals surface area contributed by atoms with Crippen molar-refractivity contribution >= 4 is 23.5 Å². The topological polar surface area (TPSA) is 113 Å². The number of carbonyl (C=O) groups is 3. The van der Waals surface area contributed by atoms with E-state index in [1.807, 2.05) is 11.6 Å². The molecule has 1 heterocycles. The summed E-state index contributed by atoms with van der Waals surface area (Å²) in [6.07, 6.45) is 2.38. The highest BCUT2D eigenvalue weighted by Gasteiger charge is 2.17. The highest BCUT2D eigenvalue weighted by Crippen LogP contribution is 2.16. The molecule has 0 aliphatic heterocycles. The van der Waals surface area contributed by atoms with Gasteiger partial charge in [0.05, 0.1) is 23.9 Å². The minimum Gasteiger partial charge on any atom is -0.480 e. The summed E-state index contributed by atoms with van der Waals surface area (Å²) in [6.45, 7) is 6.55. The molecule has 150 valence electrons. The monoisotopic (exact) mass is 386 g/mol. The number of nitrogens with zero attached hydrogens (tertiary/aromatic N) is 2. The molecule has 0 unspecified atom stereocenters. The van der Waals surface area contributed by atoms with Crippen molar-refractivity contribution in [2.45, 2.75) is 40.2 Å². The minimum absolute atomic E-state index is 0.0729. The van der Waals surface area contributed by atoms with E-state index in [2.05, 4.69) is 29.6 Å². The fourth-order valence-corrected chi connectivity index (χ4v) is 2.80. The Morgan fingerprint density at radius 1 is 1.18 bits per heavy atom. The van der Waals surface area contributed by atoms with E-state index in [0.29, 0.717) is 23.6 Å². The van der Waals surface area contributed by atoms with Gasteiger partial charge in [-0.3, -0.25) is 19.1 Å². The average Bonchev–Trinajstić information content (AvgIpc) is 3.03. The molecule has 0 saturated carbocycles. The molecule has 1 aromatic heterocycles. The van der Waals surface area contributed by atoms with Crippen LogP contribution in [0.3, 0.4) is 0 Å². The van der Waals surface area contributed by atoms with Crippen LogP contribution in [0, 0.1) is 5.92 Å². The Labute approximate surface area is 163 Å². The molecule has 2 rings (SSSR count). The van der Waals surface area contributed by atoms with Crippen LogP contribution in [0.5, 0.6) is 0 Å².